The highest BCUT2D eigenvalue weighted by Gasteiger charge is 2.60. The Balaban J connectivity index is 1.61. The minimum absolute atomic E-state index is 0.0215. The van der Waals surface area contributed by atoms with Gasteiger partial charge in [0.1, 0.15) is 0 Å². The van der Waals surface area contributed by atoms with Gasteiger partial charge in [-0.25, -0.2) is 5.43 Å². The molecule has 3 nitrogen and oxygen atoms in total. The lowest BCUT2D eigenvalue weighted by Gasteiger charge is -2.18. The lowest BCUT2D eigenvalue weighted by atomic mass is 9.85. The number of benzene rings is 3. The van der Waals surface area contributed by atoms with Crippen molar-refractivity contribution < 1.29 is 4.79 Å². The fourth-order valence-corrected chi connectivity index (χ4v) is 4.18. The number of hydrogen-bond donors (Lipinski definition) is 1. The first-order valence-electron chi connectivity index (χ1n) is 10.2. The van der Waals surface area contributed by atoms with E-state index in [1.807, 2.05) is 66.7 Å². The van der Waals surface area contributed by atoms with Crippen LogP contribution in [0.1, 0.15) is 37.0 Å². The van der Waals surface area contributed by atoms with Crippen LogP contribution in [-0.4, -0.2) is 11.6 Å². The first kappa shape index (κ1) is 19.1. The second kappa shape index (κ2) is 8.04. The van der Waals surface area contributed by atoms with Crippen LogP contribution in [0.4, 0.5) is 0 Å². The number of rotatable bonds is 6. The second-order valence-corrected chi connectivity index (χ2v) is 7.95. The Hall–Kier alpha value is -3.20. The van der Waals surface area contributed by atoms with Gasteiger partial charge >= 0.3 is 0 Å². The Labute approximate surface area is 172 Å². The molecule has 3 aromatic carbocycles. The van der Waals surface area contributed by atoms with Gasteiger partial charge in [0, 0.05) is 5.41 Å². The Kier molecular flexibility index (Phi) is 5.30. The average molecular weight is 383 g/mol. The summed E-state index contributed by atoms with van der Waals surface area (Å²) >= 11 is 0. The standard InChI is InChI=1S/C26H26N2O/c1-19(2)24(20-12-6-3-7-13-20)27-28-25(29)23-18-26(23,21-14-8-4-9-15-21)22-16-10-5-11-17-22/h3-17,19,23H,18H2,1-2H3,(H,28,29)/b27-24-/t23-/m0/s1. The quantitative estimate of drug-likeness (QED) is 0.464. The van der Waals surface area contributed by atoms with Crippen LogP contribution in [0.2, 0.25) is 0 Å². The SMILES string of the molecule is CC(C)/C(=N/NC(=O)[C@@H]1CC1(c1ccccc1)c1ccccc1)c1ccccc1. The van der Waals surface area contributed by atoms with Gasteiger partial charge < -0.3 is 0 Å². The maximum absolute atomic E-state index is 13.1. The van der Waals surface area contributed by atoms with Crippen LogP contribution in [0.25, 0.3) is 0 Å². The van der Waals surface area contributed by atoms with Crippen molar-refractivity contribution in [3.8, 4) is 0 Å². The fraction of sp³-hybridized carbons (Fsp3) is 0.231. The van der Waals surface area contributed by atoms with Gasteiger partial charge in [-0.2, -0.15) is 5.10 Å². The van der Waals surface area contributed by atoms with Crippen LogP contribution in [0.5, 0.6) is 0 Å². The molecule has 1 fully saturated rings. The second-order valence-electron chi connectivity index (χ2n) is 7.95. The molecular weight excluding hydrogens is 356 g/mol. The molecule has 1 atom stereocenters. The summed E-state index contributed by atoms with van der Waals surface area (Å²) in [5, 5.41) is 4.52. The van der Waals surface area contributed by atoms with Crippen molar-refractivity contribution in [2.75, 3.05) is 0 Å². The van der Waals surface area contributed by atoms with Crippen LogP contribution < -0.4 is 5.43 Å². The zero-order chi connectivity index (χ0) is 20.3. The van der Waals surface area contributed by atoms with E-state index in [2.05, 4.69) is 48.6 Å². The van der Waals surface area contributed by atoms with Gasteiger partial charge in [-0.1, -0.05) is 105 Å². The third kappa shape index (κ3) is 3.73. The summed E-state index contributed by atoms with van der Waals surface area (Å²) in [6.07, 6.45) is 0.796. The van der Waals surface area contributed by atoms with Gasteiger partial charge in [0.2, 0.25) is 5.91 Å². The average Bonchev–Trinajstić information content (AvgIpc) is 3.53. The van der Waals surface area contributed by atoms with Crippen LogP contribution in [0.15, 0.2) is 96.1 Å². The molecule has 146 valence electrons. The lowest BCUT2D eigenvalue weighted by Crippen LogP contribution is -2.27. The molecule has 0 aromatic heterocycles. The maximum atomic E-state index is 13.1. The minimum Gasteiger partial charge on any atom is -0.273 e. The number of nitrogens with one attached hydrogen (secondary N) is 1. The fourth-order valence-electron chi connectivity index (χ4n) is 4.18. The van der Waals surface area contributed by atoms with Crippen LogP contribution >= 0.6 is 0 Å². The first-order valence-corrected chi connectivity index (χ1v) is 10.2. The molecule has 0 radical (unpaired) electrons. The smallest absolute Gasteiger partial charge is 0.244 e. The molecule has 1 saturated carbocycles. The molecule has 1 N–H and O–H groups in total. The van der Waals surface area contributed by atoms with E-state index in [0.29, 0.717) is 0 Å². The highest BCUT2D eigenvalue weighted by atomic mass is 16.2. The van der Waals surface area contributed by atoms with Gasteiger partial charge in [0.05, 0.1) is 11.6 Å². The summed E-state index contributed by atoms with van der Waals surface area (Å²) in [5.74, 6) is 0.0666. The highest BCUT2D eigenvalue weighted by molar-refractivity contribution is 6.02. The Morgan fingerprint density at radius 3 is 1.83 bits per heavy atom. The van der Waals surface area contributed by atoms with Gasteiger partial charge in [-0.05, 0) is 29.0 Å². The van der Waals surface area contributed by atoms with Crippen molar-refractivity contribution in [3.05, 3.63) is 108 Å². The predicted octanol–water partition coefficient (Wildman–Crippen LogP) is 5.17. The van der Waals surface area contributed by atoms with E-state index in [1.165, 1.54) is 11.1 Å². The number of carbonyl (C=O) groups excluding carboxylic acids is 1. The molecule has 0 spiro atoms. The molecule has 1 amide bonds. The first-order chi connectivity index (χ1) is 14.1. The molecule has 4 rings (SSSR count). The van der Waals surface area contributed by atoms with Crippen molar-refractivity contribution in [3.63, 3.8) is 0 Å². The number of carbonyl (C=O) groups is 1. The predicted molar refractivity (Wildman–Crippen MR) is 118 cm³/mol. The monoisotopic (exact) mass is 382 g/mol. The van der Waals surface area contributed by atoms with E-state index in [0.717, 1.165) is 17.7 Å². The molecule has 0 unspecified atom stereocenters. The largest absolute Gasteiger partial charge is 0.273 e. The maximum Gasteiger partial charge on any atom is 0.244 e. The van der Waals surface area contributed by atoms with E-state index >= 15 is 0 Å². The van der Waals surface area contributed by atoms with Gasteiger partial charge in [0.15, 0.2) is 0 Å². The Morgan fingerprint density at radius 1 is 0.862 bits per heavy atom. The summed E-state index contributed by atoms with van der Waals surface area (Å²) in [5.41, 5.74) is 6.89. The molecule has 0 heterocycles. The Bertz CT molecular complexity index is 955. The summed E-state index contributed by atoms with van der Waals surface area (Å²) in [4.78, 5) is 13.1. The lowest BCUT2D eigenvalue weighted by molar-refractivity contribution is -0.122. The molecule has 0 saturated heterocycles. The molecule has 3 heteroatoms. The van der Waals surface area contributed by atoms with Gasteiger partial charge in [0.25, 0.3) is 0 Å². The number of hydrogen-bond acceptors (Lipinski definition) is 2. The summed E-state index contributed by atoms with van der Waals surface area (Å²) in [6, 6.07) is 30.7. The van der Waals surface area contributed by atoms with E-state index in [-0.39, 0.29) is 23.2 Å². The van der Waals surface area contributed by atoms with Crippen LogP contribution in [0.3, 0.4) is 0 Å². The van der Waals surface area contributed by atoms with Crippen LogP contribution in [0, 0.1) is 11.8 Å². The normalized spacial score (nSPS) is 17.8. The third-order valence-corrected chi connectivity index (χ3v) is 5.76. The van der Waals surface area contributed by atoms with Crippen LogP contribution in [-0.2, 0) is 10.2 Å². The van der Waals surface area contributed by atoms with Gasteiger partial charge in [-0.3, -0.25) is 4.79 Å². The summed E-state index contributed by atoms with van der Waals surface area (Å²) < 4.78 is 0. The van der Waals surface area contributed by atoms with Crippen molar-refractivity contribution >= 4 is 11.6 Å². The number of hydrazone groups is 1. The third-order valence-electron chi connectivity index (χ3n) is 5.76. The van der Waals surface area contributed by atoms with E-state index in [4.69, 9.17) is 0 Å². The molecule has 1 aliphatic rings. The van der Waals surface area contributed by atoms with E-state index in [9.17, 15) is 4.79 Å². The topological polar surface area (TPSA) is 41.5 Å². The van der Waals surface area contributed by atoms with Gasteiger partial charge in [-0.15, -0.1) is 0 Å². The van der Waals surface area contributed by atoms with E-state index in [1.54, 1.807) is 0 Å². The molecule has 0 aliphatic heterocycles. The number of nitrogens with zero attached hydrogens (tertiary/aromatic N) is 1. The molecule has 29 heavy (non-hydrogen) atoms. The van der Waals surface area contributed by atoms with Crippen molar-refractivity contribution in [1.29, 1.82) is 0 Å². The van der Waals surface area contributed by atoms with Crippen molar-refractivity contribution in [1.82, 2.24) is 5.43 Å². The summed E-state index contributed by atoms with van der Waals surface area (Å²) in [7, 11) is 0. The number of amides is 1. The molecular formula is C26H26N2O. The Morgan fingerprint density at radius 2 is 1.34 bits per heavy atom. The van der Waals surface area contributed by atoms with Crippen molar-refractivity contribution in [2.45, 2.75) is 25.7 Å². The zero-order valence-corrected chi connectivity index (χ0v) is 16.9. The molecule has 3 aromatic rings. The zero-order valence-electron chi connectivity index (χ0n) is 16.9. The van der Waals surface area contributed by atoms with Crippen molar-refractivity contribution in [2.24, 2.45) is 16.9 Å². The molecule has 0 bridgehead atoms. The summed E-state index contributed by atoms with van der Waals surface area (Å²) in [6.45, 7) is 4.18. The highest BCUT2D eigenvalue weighted by Crippen LogP contribution is 2.58. The van der Waals surface area contributed by atoms with E-state index < -0.39 is 0 Å². The molecule has 1 aliphatic carbocycles. The minimum atomic E-state index is -0.271.